The number of rotatable bonds is 5. The Kier molecular flexibility index (Phi) is 4.54. The van der Waals surface area contributed by atoms with Gasteiger partial charge in [-0.15, -0.1) is 0 Å². The van der Waals surface area contributed by atoms with Gasteiger partial charge in [-0.2, -0.15) is 0 Å². The number of carboxylic acids is 1. The quantitative estimate of drug-likeness (QED) is 0.749. The van der Waals surface area contributed by atoms with Gasteiger partial charge >= 0.3 is 5.97 Å². The van der Waals surface area contributed by atoms with Gasteiger partial charge in [0.05, 0.1) is 18.1 Å². The van der Waals surface area contributed by atoms with Gasteiger partial charge in [0.1, 0.15) is 0 Å². The minimum absolute atomic E-state index is 0.283. The maximum absolute atomic E-state index is 10.7. The van der Waals surface area contributed by atoms with Gasteiger partial charge in [0.25, 0.3) is 0 Å². The van der Waals surface area contributed by atoms with Gasteiger partial charge in [0, 0.05) is 13.1 Å². The van der Waals surface area contributed by atoms with Crippen LogP contribution in [0, 0.1) is 5.92 Å². The summed E-state index contributed by atoms with van der Waals surface area (Å²) in [7, 11) is 1.95. The third kappa shape index (κ3) is 4.18. The topological polar surface area (TPSA) is 49.8 Å². The zero-order valence-corrected chi connectivity index (χ0v) is 9.77. The molecule has 1 aliphatic rings. The van der Waals surface area contributed by atoms with Crippen LogP contribution in [0.1, 0.15) is 26.7 Å². The molecule has 4 heteroatoms. The first kappa shape index (κ1) is 12.5. The molecular weight excluding hydrogens is 194 g/mol. The van der Waals surface area contributed by atoms with E-state index >= 15 is 0 Å². The molecule has 88 valence electrons. The summed E-state index contributed by atoms with van der Waals surface area (Å²) in [6.45, 7) is 5.24. The van der Waals surface area contributed by atoms with E-state index in [4.69, 9.17) is 9.84 Å². The van der Waals surface area contributed by atoms with Crippen molar-refractivity contribution < 1.29 is 14.6 Å². The van der Waals surface area contributed by atoms with Crippen molar-refractivity contribution in [1.29, 1.82) is 0 Å². The lowest BCUT2D eigenvalue weighted by molar-refractivity contribution is -0.141. The van der Waals surface area contributed by atoms with Crippen LogP contribution in [0.2, 0.25) is 0 Å². The molecule has 1 saturated heterocycles. The summed E-state index contributed by atoms with van der Waals surface area (Å²) in [6, 6.07) is 0. The second kappa shape index (κ2) is 5.47. The fourth-order valence-corrected chi connectivity index (χ4v) is 1.99. The molecule has 1 N–H and O–H groups in total. The van der Waals surface area contributed by atoms with E-state index in [9.17, 15) is 4.79 Å². The number of aliphatic carboxylic acids is 1. The molecule has 0 aromatic carbocycles. The van der Waals surface area contributed by atoms with Crippen molar-refractivity contribution in [3.05, 3.63) is 0 Å². The molecule has 4 nitrogen and oxygen atoms in total. The largest absolute Gasteiger partial charge is 0.481 e. The molecule has 0 aliphatic carbocycles. The van der Waals surface area contributed by atoms with E-state index < -0.39 is 5.97 Å². The number of hydrogen-bond acceptors (Lipinski definition) is 3. The normalized spacial score (nSPS) is 28.3. The van der Waals surface area contributed by atoms with Gasteiger partial charge in [0.2, 0.25) is 0 Å². The van der Waals surface area contributed by atoms with Gasteiger partial charge in [-0.3, -0.25) is 4.79 Å². The maximum atomic E-state index is 10.7. The summed E-state index contributed by atoms with van der Waals surface area (Å²) in [4.78, 5) is 12.7. The van der Waals surface area contributed by atoms with E-state index in [1.54, 1.807) is 6.92 Å². The number of carbonyl (C=O) groups is 1. The van der Waals surface area contributed by atoms with E-state index in [1.165, 1.54) is 0 Å². The molecule has 0 aromatic rings. The molecule has 15 heavy (non-hydrogen) atoms. The third-order valence-electron chi connectivity index (χ3n) is 2.84. The number of likely N-dealkylation sites (N-methyl/N-ethyl adjacent to an activating group) is 1. The van der Waals surface area contributed by atoms with Gasteiger partial charge in [-0.05, 0) is 26.8 Å². The summed E-state index contributed by atoms with van der Waals surface area (Å²) in [6.07, 6.45) is 2.85. The molecule has 0 bridgehead atoms. The fraction of sp³-hybridized carbons (Fsp3) is 0.909. The molecule has 1 fully saturated rings. The SMILES string of the molecule is CC1CCC(CN(C)CC(C)C(=O)O)O1. The smallest absolute Gasteiger partial charge is 0.307 e. The molecule has 0 amide bonds. The van der Waals surface area contributed by atoms with Crippen molar-refractivity contribution >= 4 is 5.97 Å². The summed E-state index contributed by atoms with van der Waals surface area (Å²) in [5.41, 5.74) is 0. The van der Waals surface area contributed by atoms with Crippen molar-refractivity contribution in [2.45, 2.75) is 38.9 Å². The Balaban J connectivity index is 2.23. The lowest BCUT2D eigenvalue weighted by Gasteiger charge is -2.22. The molecule has 3 unspecified atom stereocenters. The average Bonchev–Trinajstić information content (AvgIpc) is 2.50. The maximum Gasteiger partial charge on any atom is 0.307 e. The monoisotopic (exact) mass is 215 g/mol. The predicted molar refractivity (Wildman–Crippen MR) is 57.9 cm³/mol. The second-order valence-corrected chi connectivity index (χ2v) is 4.61. The van der Waals surface area contributed by atoms with Crippen LogP contribution >= 0.6 is 0 Å². The van der Waals surface area contributed by atoms with Crippen molar-refractivity contribution in [3.63, 3.8) is 0 Å². The van der Waals surface area contributed by atoms with Crippen molar-refractivity contribution in [2.24, 2.45) is 5.92 Å². The van der Waals surface area contributed by atoms with E-state index in [-0.39, 0.29) is 12.0 Å². The van der Waals surface area contributed by atoms with Crippen LogP contribution in [0.4, 0.5) is 0 Å². The fourth-order valence-electron chi connectivity index (χ4n) is 1.99. The van der Waals surface area contributed by atoms with Crippen LogP contribution in [-0.2, 0) is 9.53 Å². The van der Waals surface area contributed by atoms with Gasteiger partial charge in [0.15, 0.2) is 0 Å². The highest BCUT2D eigenvalue weighted by atomic mass is 16.5. The van der Waals surface area contributed by atoms with Gasteiger partial charge in [-0.25, -0.2) is 0 Å². The van der Waals surface area contributed by atoms with Crippen molar-refractivity contribution in [1.82, 2.24) is 4.90 Å². The van der Waals surface area contributed by atoms with Crippen LogP contribution in [0.5, 0.6) is 0 Å². The molecule has 1 aliphatic heterocycles. The lowest BCUT2D eigenvalue weighted by atomic mass is 10.1. The molecule has 0 aromatic heterocycles. The zero-order valence-electron chi connectivity index (χ0n) is 9.77. The predicted octanol–water partition coefficient (Wildman–Crippen LogP) is 1.21. The highest BCUT2D eigenvalue weighted by Crippen LogP contribution is 2.19. The van der Waals surface area contributed by atoms with E-state index in [2.05, 4.69) is 6.92 Å². The van der Waals surface area contributed by atoms with Crippen LogP contribution in [-0.4, -0.2) is 48.3 Å². The standard InChI is InChI=1S/C11H21NO3/c1-8(11(13)14)6-12(3)7-10-5-4-9(2)15-10/h8-10H,4-7H2,1-3H3,(H,13,14). The zero-order chi connectivity index (χ0) is 11.4. The van der Waals surface area contributed by atoms with Crippen LogP contribution < -0.4 is 0 Å². The summed E-state index contributed by atoms with van der Waals surface area (Å²) in [5, 5.41) is 8.78. The Morgan fingerprint density at radius 3 is 2.73 bits per heavy atom. The Labute approximate surface area is 91.2 Å². The van der Waals surface area contributed by atoms with Crippen LogP contribution in [0.15, 0.2) is 0 Å². The van der Waals surface area contributed by atoms with Gasteiger partial charge < -0.3 is 14.7 Å². The lowest BCUT2D eigenvalue weighted by Crippen LogP contribution is -2.34. The number of nitrogens with zero attached hydrogens (tertiary/aromatic N) is 1. The minimum Gasteiger partial charge on any atom is -0.481 e. The van der Waals surface area contributed by atoms with E-state index in [0.717, 1.165) is 19.4 Å². The van der Waals surface area contributed by atoms with E-state index in [1.807, 2.05) is 11.9 Å². The molecule has 0 radical (unpaired) electrons. The second-order valence-electron chi connectivity index (χ2n) is 4.61. The Morgan fingerprint density at radius 1 is 1.60 bits per heavy atom. The molecule has 1 rings (SSSR count). The number of hydrogen-bond donors (Lipinski definition) is 1. The highest BCUT2D eigenvalue weighted by Gasteiger charge is 2.24. The minimum atomic E-state index is -0.734. The van der Waals surface area contributed by atoms with Crippen LogP contribution in [0.25, 0.3) is 0 Å². The molecule has 3 atom stereocenters. The molecule has 1 heterocycles. The summed E-state index contributed by atoms with van der Waals surface area (Å²) >= 11 is 0. The number of carboxylic acid groups (broad SMARTS) is 1. The van der Waals surface area contributed by atoms with E-state index in [0.29, 0.717) is 12.6 Å². The average molecular weight is 215 g/mol. The Bertz CT molecular complexity index is 220. The molecule has 0 saturated carbocycles. The Hall–Kier alpha value is -0.610. The number of ether oxygens (including phenoxy) is 1. The Morgan fingerprint density at radius 2 is 2.27 bits per heavy atom. The summed E-state index contributed by atoms with van der Waals surface area (Å²) < 4.78 is 5.68. The highest BCUT2D eigenvalue weighted by molar-refractivity contribution is 5.69. The van der Waals surface area contributed by atoms with Crippen LogP contribution in [0.3, 0.4) is 0 Å². The van der Waals surface area contributed by atoms with Crippen molar-refractivity contribution in [3.8, 4) is 0 Å². The summed E-state index contributed by atoms with van der Waals surface area (Å²) in [5.74, 6) is -1.05. The first-order chi connectivity index (χ1) is 6.99. The first-order valence-electron chi connectivity index (χ1n) is 5.56. The van der Waals surface area contributed by atoms with Gasteiger partial charge in [-0.1, -0.05) is 6.92 Å². The third-order valence-corrected chi connectivity index (χ3v) is 2.84. The van der Waals surface area contributed by atoms with Crippen molar-refractivity contribution in [2.75, 3.05) is 20.1 Å². The molecular formula is C11H21NO3. The molecule has 0 spiro atoms. The first-order valence-corrected chi connectivity index (χ1v) is 5.56.